The van der Waals surface area contributed by atoms with Crippen LogP contribution in [0.3, 0.4) is 0 Å². The van der Waals surface area contributed by atoms with Gasteiger partial charge in [0.05, 0.1) is 11.0 Å². The van der Waals surface area contributed by atoms with E-state index in [1.807, 2.05) is 46.4 Å². The maximum absolute atomic E-state index is 12.8. The van der Waals surface area contributed by atoms with Gasteiger partial charge in [0.25, 0.3) is 0 Å². The highest BCUT2D eigenvalue weighted by Crippen LogP contribution is 2.51. The van der Waals surface area contributed by atoms with Crippen LogP contribution < -0.4 is 5.69 Å². The smallest absolute Gasteiger partial charge is 0.301 e. The van der Waals surface area contributed by atoms with Gasteiger partial charge in [-0.3, -0.25) is 9.13 Å². The van der Waals surface area contributed by atoms with Crippen LogP contribution in [0.15, 0.2) is 53.3 Å². The molecular weight excluding hydrogens is 370 g/mol. The van der Waals surface area contributed by atoms with Gasteiger partial charge in [-0.25, -0.2) is 4.79 Å². The fourth-order valence-electron chi connectivity index (χ4n) is 5.31. The minimum Gasteiger partial charge on any atom is -0.301 e. The predicted molar refractivity (Wildman–Crippen MR) is 114 cm³/mol. The molecule has 0 bridgehead atoms. The van der Waals surface area contributed by atoms with Crippen LogP contribution in [0.1, 0.15) is 24.8 Å². The van der Waals surface area contributed by atoms with Crippen LogP contribution >= 0.6 is 11.6 Å². The molecule has 146 valence electrons. The molecule has 1 aromatic heterocycles. The maximum atomic E-state index is 12.8. The molecule has 1 aliphatic carbocycles. The first-order chi connectivity index (χ1) is 13.7. The van der Waals surface area contributed by atoms with E-state index in [0.717, 1.165) is 54.1 Å². The number of benzene rings is 2. The number of nitrogens with zero attached hydrogens (tertiary/aromatic N) is 3. The Balaban J connectivity index is 1.28. The fraction of sp³-hybridized carbons (Fsp3) is 0.435. The van der Waals surface area contributed by atoms with E-state index in [9.17, 15) is 4.79 Å². The standard InChI is InChI=1S/C23H26ClN3O/c1-2-26-21-5-3-4-6-22(21)27(23(26)28)12-11-25-14-17-13-19(20(17)15-25)16-7-9-18(24)10-8-16/h3-10,17,19-20H,2,11-15H2,1H3/t17-,19-,20+/m1/s1. The highest BCUT2D eigenvalue weighted by molar-refractivity contribution is 6.30. The zero-order valence-electron chi connectivity index (χ0n) is 16.2. The number of aromatic nitrogens is 2. The van der Waals surface area contributed by atoms with Crippen molar-refractivity contribution in [3.63, 3.8) is 0 Å². The number of hydrogen-bond acceptors (Lipinski definition) is 2. The van der Waals surface area contributed by atoms with E-state index in [-0.39, 0.29) is 5.69 Å². The molecule has 3 aromatic rings. The molecule has 5 rings (SSSR count). The quantitative estimate of drug-likeness (QED) is 0.647. The van der Waals surface area contributed by atoms with E-state index in [0.29, 0.717) is 12.5 Å². The number of halogens is 1. The Morgan fingerprint density at radius 2 is 1.68 bits per heavy atom. The zero-order valence-corrected chi connectivity index (χ0v) is 17.0. The molecule has 0 unspecified atom stereocenters. The van der Waals surface area contributed by atoms with Crippen molar-refractivity contribution < 1.29 is 0 Å². The van der Waals surface area contributed by atoms with Crippen LogP contribution in [0.5, 0.6) is 0 Å². The Kier molecular flexibility index (Phi) is 4.56. The molecule has 5 heteroatoms. The zero-order chi connectivity index (χ0) is 19.3. The van der Waals surface area contributed by atoms with Crippen LogP contribution in [0.2, 0.25) is 5.02 Å². The third kappa shape index (κ3) is 2.90. The summed E-state index contributed by atoms with van der Waals surface area (Å²) in [6.45, 7) is 6.75. The lowest BCUT2D eigenvalue weighted by Gasteiger charge is -2.40. The number of aryl methyl sites for hydroxylation is 1. The molecule has 0 spiro atoms. The molecule has 0 N–H and O–H groups in total. The predicted octanol–water partition coefficient (Wildman–Crippen LogP) is 4.21. The lowest BCUT2D eigenvalue weighted by molar-refractivity contribution is 0.191. The van der Waals surface area contributed by atoms with Crippen molar-refractivity contribution in [2.75, 3.05) is 19.6 Å². The van der Waals surface area contributed by atoms with Crippen molar-refractivity contribution in [1.29, 1.82) is 0 Å². The summed E-state index contributed by atoms with van der Waals surface area (Å²) in [6.07, 6.45) is 1.28. The molecular formula is C23H26ClN3O. The van der Waals surface area contributed by atoms with Crippen LogP contribution in [0, 0.1) is 11.8 Å². The molecule has 2 heterocycles. The van der Waals surface area contributed by atoms with Gasteiger partial charge >= 0.3 is 5.69 Å². The topological polar surface area (TPSA) is 30.2 Å². The van der Waals surface area contributed by atoms with Gasteiger partial charge in [-0.15, -0.1) is 0 Å². The number of para-hydroxylation sites is 2. The molecule has 2 aromatic carbocycles. The fourth-order valence-corrected chi connectivity index (χ4v) is 5.44. The third-order valence-electron chi connectivity index (χ3n) is 6.82. The monoisotopic (exact) mass is 395 g/mol. The largest absolute Gasteiger partial charge is 0.329 e. The Labute approximate surface area is 170 Å². The lowest BCUT2D eigenvalue weighted by Crippen LogP contribution is -2.33. The van der Waals surface area contributed by atoms with Crippen LogP contribution in [-0.4, -0.2) is 33.7 Å². The molecule has 0 amide bonds. The number of rotatable bonds is 5. The molecule has 2 fully saturated rings. The lowest BCUT2D eigenvalue weighted by atomic mass is 9.64. The van der Waals surface area contributed by atoms with Gasteiger partial charge < -0.3 is 4.90 Å². The van der Waals surface area contributed by atoms with Crippen molar-refractivity contribution in [2.45, 2.75) is 32.4 Å². The average Bonchev–Trinajstić information content (AvgIpc) is 3.16. The van der Waals surface area contributed by atoms with Gasteiger partial charge in [0.15, 0.2) is 0 Å². The minimum atomic E-state index is 0.116. The van der Waals surface area contributed by atoms with Crippen molar-refractivity contribution in [3.8, 4) is 0 Å². The second kappa shape index (κ2) is 7.09. The van der Waals surface area contributed by atoms with Gasteiger partial charge in [0.2, 0.25) is 0 Å². The molecule has 1 saturated carbocycles. The summed E-state index contributed by atoms with van der Waals surface area (Å²) in [7, 11) is 0. The van der Waals surface area contributed by atoms with Gasteiger partial charge in [-0.2, -0.15) is 0 Å². The van der Waals surface area contributed by atoms with Gasteiger partial charge in [-0.1, -0.05) is 35.9 Å². The van der Waals surface area contributed by atoms with E-state index in [1.54, 1.807) is 0 Å². The number of imidazole rings is 1. The van der Waals surface area contributed by atoms with Crippen molar-refractivity contribution in [1.82, 2.24) is 14.0 Å². The SMILES string of the molecule is CCn1c(=O)n(CCN2C[C@H]3C[C@H](c4ccc(Cl)cc4)[C@H]3C2)c2ccccc21. The summed E-state index contributed by atoms with van der Waals surface area (Å²) < 4.78 is 3.83. The summed E-state index contributed by atoms with van der Waals surface area (Å²) in [5.41, 5.74) is 3.63. The Bertz CT molecular complexity index is 1050. The summed E-state index contributed by atoms with van der Waals surface area (Å²) in [5, 5.41) is 0.810. The highest BCUT2D eigenvalue weighted by atomic mass is 35.5. The van der Waals surface area contributed by atoms with Gasteiger partial charge in [-0.05, 0) is 60.9 Å². The number of hydrogen-bond donors (Lipinski definition) is 0. The number of likely N-dealkylation sites (tertiary alicyclic amines) is 1. The van der Waals surface area contributed by atoms with Crippen LogP contribution in [0.4, 0.5) is 0 Å². The third-order valence-corrected chi connectivity index (χ3v) is 7.07. The van der Waals surface area contributed by atoms with E-state index < -0.39 is 0 Å². The first kappa shape index (κ1) is 18.0. The summed E-state index contributed by atoms with van der Waals surface area (Å²) >= 11 is 6.04. The average molecular weight is 396 g/mol. The summed E-state index contributed by atoms with van der Waals surface area (Å²) in [4.78, 5) is 15.4. The van der Waals surface area contributed by atoms with E-state index >= 15 is 0 Å². The summed E-state index contributed by atoms with van der Waals surface area (Å²) in [6, 6.07) is 16.5. The second-order valence-corrected chi connectivity index (χ2v) is 8.68. The van der Waals surface area contributed by atoms with Gasteiger partial charge in [0, 0.05) is 37.7 Å². The Morgan fingerprint density at radius 1 is 0.964 bits per heavy atom. The van der Waals surface area contributed by atoms with Crippen molar-refractivity contribution >= 4 is 22.6 Å². The Morgan fingerprint density at radius 3 is 2.39 bits per heavy atom. The van der Waals surface area contributed by atoms with Crippen molar-refractivity contribution in [2.24, 2.45) is 11.8 Å². The Hall–Kier alpha value is -2.04. The van der Waals surface area contributed by atoms with Crippen molar-refractivity contribution in [3.05, 3.63) is 69.6 Å². The van der Waals surface area contributed by atoms with Crippen LogP contribution in [-0.2, 0) is 13.1 Å². The first-order valence-corrected chi connectivity index (χ1v) is 10.7. The normalized spacial score (nSPS) is 24.4. The van der Waals surface area contributed by atoms with E-state index in [2.05, 4.69) is 23.1 Å². The molecule has 3 atom stereocenters. The molecule has 1 aliphatic heterocycles. The maximum Gasteiger partial charge on any atom is 0.329 e. The highest BCUT2D eigenvalue weighted by Gasteiger charge is 2.47. The molecule has 1 saturated heterocycles. The summed E-state index contributed by atoms with van der Waals surface area (Å²) in [5.74, 6) is 2.21. The minimum absolute atomic E-state index is 0.116. The van der Waals surface area contributed by atoms with E-state index in [4.69, 9.17) is 11.6 Å². The molecule has 28 heavy (non-hydrogen) atoms. The molecule has 0 radical (unpaired) electrons. The molecule has 4 nitrogen and oxygen atoms in total. The number of fused-ring (bicyclic) bond motifs is 2. The van der Waals surface area contributed by atoms with E-state index in [1.165, 1.54) is 12.0 Å². The second-order valence-electron chi connectivity index (χ2n) is 8.24. The molecule has 2 aliphatic rings. The first-order valence-electron chi connectivity index (χ1n) is 10.3. The van der Waals surface area contributed by atoms with Crippen LogP contribution in [0.25, 0.3) is 11.0 Å². The van der Waals surface area contributed by atoms with Gasteiger partial charge in [0.1, 0.15) is 0 Å².